The number of nitrogens with zero attached hydrogens (tertiary/aromatic N) is 1. The molecule has 1 aliphatic rings. The highest BCUT2D eigenvalue weighted by Gasteiger charge is 2.25. The summed E-state index contributed by atoms with van der Waals surface area (Å²) in [4.78, 5) is 12.6. The predicted octanol–water partition coefficient (Wildman–Crippen LogP) is 3.74. The highest BCUT2D eigenvalue weighted by atomic mass is 32.2. The van der Waals surface area contributed by atoms with Crippen LogP contribution in [0.4, 0.5) is 5.69 Å². The van der Waals surface area contributed by atoms with Crippen LogP contribution in [0.25, 0.3) is 0 Å². The fraction of sp³-hybridized carbons (Fsp3) is 0.381. The third kappa shape index (κ3) is 4.96. The van der Waals surface area contributed by atoms with Gasteiger partial charge >= 0.3 is 0 Å². The number of nitrogens with one attached hydrogen (secondary N) is 1. The van der Waals surface area contributed by atoms with Crippen molar-refractivity contribution in [3.05, 3.63) is 59.7 Å². The summed E-state index contributed by atoms with van der Waals surface area (Å²) in [6.07, 6.45) is 4.19. The first-order valence-electron chi connectivity index (χ1n) is 9.41. The van der Waals surface area contributed by atoms with Gasteiger partial charge in [0.2, 0.25) is 15.9 Å². The minimum atomic E-state index is -3.53. The molecular weight excluding hydrogens is 360 g/mol. The number of carbonyl (C=O) groups excluding carboxylic acids is 1. The molecule has 27 heavy (non-hydrogen) atoms. The Morgan fingerprint density at radius 1 is 1.00 bits per heavy atom. The standard InChI is InChI=1S/C21H26N2O3S/c1-17-9-4-5-10-18(17)15-21(24)22-19-11-8-12-20(16-19)27(25,26)23-13-6-2-3-7-14-23/h4-5,8-12,16H,2-3,6-7,13-15H2,1H3,(H,22,24). The van der Waals surface area contributed by atoms with Crippen LogP contribution in [-0.4, -0.2) is 31.7 Å². The molecule has 0 atom stereocenters. The van der Waals surface area contributed by atoms with Crippen molar-refractivity contribution in [1.82, 2.24) is 4.31 Å². The molecule has 5 nitrogen and oxygen atoms in total. The molecule has 0 unspecified atom stereocenters. The highest BCUT2D eigenvalue weighted by Crippen LogP contribution is 2.23. The van der Waals surface area contributed by atoms with Gasteiger partial charge in [-0.2, -0.15) is 4.31 Å². The van der Waals surface area contributed by atoms with Crippen LogP contribution in [-0.2, 0) is 21.2 Å². The maximum absolute atomic E-state index is 12.9. The molecule has 1 amide bonds. The summed E-state index contributed by atoms with van der Waals surface area (Å²) in [6, 6.07) is 14.3. The van der Waals surface area contributed by atoms with Crippen molar-refractivity contribution in [3.8, 4) is 0 Å². The molecule has 144 valence electrons. The number of rotatable bonds is 5. The maximum atomic E-state index is 12.9. The average Bonchev–Trinajstić information content (AvgIpc) is 2.94. The van der Waals surface area contributed by atoms with Crippen molar-refractivity contribution in [1.29, 1.82) is 0 Å². The van der Waals surface area contributed by atoms with E-state index in [1.165, 1.54) is 0 Å². The lowest BCUT2D eigenvalue weighted by atomic mass is 10.1. The lowest BCUT2D eigenvalue weighted by Crippen LogP contribution is -2.32. The Kier molecular flexibility index (Phi) is 6.29. The summed E-state index contributed by atoms with van der Waals surface area (Å²) in [6.45, 7) is 3.09. The second kappa shape index (κ2) is 8.67. The van der Waals surface area contributed by atoms with E-state index < -0.39 is 10.0 Å². The number of sulfonamides is 1. The van der Waals surface area contributed by atoms with E-state index in [4.69, 9.17) is 0 Å². The molecule has 0 aliphatic carbocycles. The van der Waals surface area contributed by atoms with Crippen molar-refractivity contribution in [3.63, 3.8) is 0 Å². The average molecular weight is 387 g/mol. The first-order chi connectivity index (χ1) is 13.0. The summed E-state index contributed by atoms with van der Waals surface area (Å²) in [5.41, 5.74) is 2.53. The quantitative estimate of drug-likeness (QED) is 0.851. The number of aryl methyl sites for hydroxylation is 1. The van der Waals surface area contributed by atoms with Gasteiger partial charge in [0.15, 0.2) is 0 Å². The first kappa shape index (κ1) is 19.6. The van der Waals surface area contributed by atoms with Crippen LogP contribution in [0, 0.1) is 6.92 Å². The molecule has 1 saturated heterocycles. The molecule has 1 N–H and O–H groups in total. The van der Waals surface area contributed by atoms with Crippen LogP contribution < -0.4 is 5.32 Å². The van der Waals surface area contributed by atoms with Gasteiger partial charge < -0.3 is 5.32 Å². The molecule has 0 spiro atoms. The third-order valence-electron chi connectivity index (χ3n) is 4.93. The van der Waals surface area contributed by atoms with Gasteiger partial charge in [-0.1, -0.05) is 43.2 Å². The van der Waals surface area contributed by atoms with Crippen LogP contribution in [0.15, 0.2) is 53.4 Å². The molecule has 0 aromatic heterocycles. The van der Waals surface area contributed by atoms with E-state index in [9.17, 15) is 13.2 Å². The Bertz CT molecular complexity index is 901. The lowest BCUT2D eigenvalue weighted by molar-refractivity contribution is -0.115. The number of amides is 1. The predicted molar refractivity (Wildman–Crippen MR) is 107 cm³/mol. The second-order valence-corrected chi connectivity index (χ2v) is 8.94. The largest absolute Gasteiger partial charge is 0.326 e. The molecule has 1 fully saturated rings. The Morgan fingerprint density at radius 2 is 1.70 bits per heavy atom. The van der Waals surface area contributed by atoms with Crippen LogP contribution in [0.2, 0.25) is 0 Å². The van der Waals surface area contributed by atoms with Gasteiger partial charge in [-0.3, -0.25) is 4.79 Å². The molecule has 1 heterocycles. The van der Waals surface area contributed by atoms with E-state index in [-0.39, 0.29) is 17.2 Å². The van der Waals surface area contributed by atoms with Crippen molar-refractivity contribution in [2.45, 2.75) is 43.9 Å². The number of hydrogen-bond donors (Lipinski definition) is 1. The normalized spacial score (nSPS) is 15.9. The van der Waals surface area contributed by atoms with Crippen LogP contribution in [0.3, 0.4) is 0 Å². The fourth-order valence-electron chi connectivity index (χ4n) is 3.35. The molecule has 2 aromatic carbocycles. The van der Waals surface area contributed by atoms with Crippen LogP contribution >= 0.6 is 0 Å². The van der Waals surface area contributed by atoms with Gasteiger partial charge in [0.1, 0.15) is 0 Å². The molecule has 3 rings (SSSR count). The topological polar surface area (TPSA) is 66.5 Å². The molecule has 0 radical (unpaired) electrons. The van der Waals surface area contributed by atoms with E-state index in [2.05, 4.69) is 5.32 Å². The van der Waals surface area contributed by atoms with E-state index in [0.29, 0.717) is 18.8 Å². The van der Waals surface area contributed by atoms with Crippen molar-refractivity contribution >= 4 is 21.6 Å². The van der Waals surface area contributed by atoms with Gasteiger partial charge in [-0.15, -0.1) is 0 Å². The Hall–Kier alpha value is -2.18. The smallest absolute Gasteiger partial charge is 0.243 e. The third-order valence-corrected chi connectivity index (χ3v) is 6.83. The zero-order valence-electron chi connectivity index (χ0n) is 15.6. The molecule has 6 heteroatoms. The summed E-state index contributed by atoms with van der Waals surface area (Å²) < 4.78 is 27.4. The molecule has 1 aliphatic heterocycles. The molecular formula is C21H26N2O3S. The van der Waals surface area contributed by atoms with Crippen molar-refractivity contribution < 1.29 is 13.2 Å². The zero-order chi connectivity index (χ0) is 19.3. The highest BCUT2D eigenvalue weighted by molar-refractivity contribution is 7.89. The van der Waals surface area contributed by atoms with Gasteiger partial charge in [-0.25, -0.2) is 8.42 Å². The van der Waals surface area contributed by atoms with Crippen molar-refractivity contribution in [2.75, 3.05) is 18.4 Å². The molecule has 0 saturated carbocycles. The fourth-order valence-corrected chi connectivity index (χ4v) is 4.92. The number of anilines is 1. The van der Waals surface area contributed by atoms with Crippen LogP contribution in [0.5, 0.6) is 0 Å². The number of hydrogen-bond acceptors (Lipinski definition) is 3. The SMILES string of the molecule is Cc1ccccc1CC(=O)Nc1cccc(S(=O)(=O)N2CCCCCC2)c1. The van der Waals surface area contributed by atoms with E-state index >= 15 is 0 Å². The maximum Gasteiger partial charge on any atom is 0.243 e. The first-order valence-corrected chi connectivity index (χ1v) is 10.9. The van der Waals surface area contributed by atoms with Gasteiger partial charge in [0, 0.05) is 18.8 Å². The Labute approximate surface area is 161 Å². The molecule has 0 bridgehead atoms. The summed E-state index contributed by atoms with van der Waals surface area (Å²) in [5.74, 6) is -0.159. The Morgan fingerprint density at radius 3 is 2.41 bits per heavy atom. The lowest BCUT2D eigenvalue weighted by Gasteiger charge is -2.20. The minimum Gasteiger partial charge on any atom is -0.326 e. The molecule has 2 aromatic rings. The number of benzene rings is 2. The van der Waals surface area contributed by atoms with Crippen LogP contribution in [0.1, 0.15) is 36.8 Å². The summed E-state index contributed by atoms with van der Waals surface area (Å²) in [5, 5.41) is 2.82. The zero-order valence-corrected chi connectivity index (χ0v) is 16.5. The van der Waals surface area contributed by atoms with E-state index in [0.717, 1.165) is 36.8 Å². The Balaban J connectivity index is 1.73. The van der Waals surface area contributed by atoms with Gasteiger partial charge in [0.25, 0.3) is 0 Å². The van der Waals surface area contributed by atoms with E-state index in [1.807, 2.05) is 31.2 Å². The summed E-state index contributed by atoms with van der Waals surface area (Å²) in [7, 11) is -3.53. The summed E-state index contributed by atoms with van der Waals surface area (Å²) >= 11 is 0. The van der Waals surface area contributed by atoms with Crippen molar-refractivity contribution in [2.24, 2.45) is 0 Å². The monoisotopic (exact) mass is 386 g/mol. The van der Waals surface area contributed by atoms with Gasteiger partial charge in [-0.05, 0) is 49.1 Å². The second-order valence-electron chi connectivity index (χ2n) is 7.00. The van der Waals surface area contributed by atoms with E-state index in [1.54, 1.807) is 28.6 Å². The van der Waals surface area contributed by atoms with Gasteiger partial charge in [0.05, 0.1) is 11.3 Å². The minimum absolute atomic E-state index is 0.159. The number of carbonyl (C=O) groups is 1.